The molecule has 3 heterocycles. The van der Waals surface area contributed by atoms with E-state index in [1.807, 2.05) is 48.5 Å². The van der Waals surface area contributed by atoms with Crippen LogP contribution in [0.15, 0.2) is 84.9 Å². The molecule has 3 aliphatic heterocycles. The first kappa shape index (κ1) is 22.7. The molecule has 0 aliphatic carbocycles. The lowest BCUT2D eigenvalue weighted by Crippen LogP contribution is -3.00. The summed E-state index contributed by atoms with van der Waals surface area (Å²) in [6, 6.07) is 30.8. The minimum atomic E-state index is -0.972. The first-order valence-electron chi connectivity index (χ1n) is 11.3. The summed E-state index contributed by atoms with van der Waals surface area (Å²) in [4.78, 5) is 0. The van der Waals surface area contributed by atoms with Gasteiger partial charge in [0.15, 0.2) is 0 Å². The molecule has 3 fully saturated rings. The molecule has 0 unspecified atom stereocenters. The van der Waals surface area contributed by atoms with E-state index in [-0.39, 0.29) is 22.4 Å². The fourth-order valence-electron chi connectivity index (χ4n) is 6.05. The summed E-state index contributed by atoms with van der Waals surface area (Å²) in [5.41, 5.74) is 2.93. The number of nitriles is 1. The van der Waals surface area contributed by atoms with Gasteiger partial charge in [0.05, 0.1) is 31.3 Å². The normalized spacial score (nSPS) is 24.4. The Labute approximate surface area is 201 Å². The number of fused-ring (bicyclic) bond motifs is 3. The van der Waals surface area contributed by atoms with Crippen LogP contribution < -0.4 is 17.0 Å². The fourth-order valence-corrected chi connectivity index (χ4v) is 6.05. The molecule has 6 rings (SSSR count). The Bertz CT molecular complexity index is 1030. The van der Waals surface area contributed by atoms with Gasteiger partial charge >= 0.3 is 0 Å². The molecule has 32 heavy (non-hydrogen) atoms. The van der Waals surface area contributed by atoms with E-state index in [1.54, 1.807) is 0 Å². The molecule has 0 amide bonds. The van der Waals surface area contributed by atoms with Crippen molar-refractivity contribution in [3.63, 3.8) is 0 Å². The van der Waals surface area contributed by atoms with Crippen LogP contribution in [0, 0.1) is 16.7 Å². The summed E-state index contributed by atoms with van der Waals surface area (Å²) < 4.78 is 1.09. The molecule has 3 aliphatic rings. The Balaban J connectivity index is 0.00000245. The summed E-state index contributed by atoms with van der Waals surface area (Å²) in [6.45, 7) is 4.27. The highest BCUT2D eigenvalue weighted by Crippen LogP contribution is 2.57. The molecular formula is C28H29BrN2O. The molecule has 164 valence electrons. The van der Waals surface area contributed by atoms with E-state index >= 15 is 0 Å². The van der Waals surface area contributed by atoms with E-state index in [1.165, 1.54) is 5.56 Å². The summed E-state index contributed by atoms with van der Waals surface area (Å²) in [5.74, 6) is 0. The Kier molecular flexibility index (Phi) is 6.27. The average molecular weight is 489 g/mol. The highest BCUT2D eigenvalue weighted by atomic mass is 79.9. The van der Waals surface area contributed by atoms with Crippen molar-refractivity contribution in [1.29, 1.82) is 5.26 Å². The van der Waals surface area contributed by atoms with Gasteiger partial charge in [-0.1, -0.05) is 72.8 Å². The van der Waals surface area contributed by atoms with Crippen molar-refractivity contribution in [2.24, 2.45) is 5.41 Å². The third kappa shape index (κ3) is 3.69. The zero-order valence-electron chi connectivity index (χ0n) is 18.3. The van der Waals surface area contributed by atoms with Crippen molar-refractivity contribution >= 4 is 0 Å². The van der Waals surface area contributed by atoms with Gasteiger partial charge < -0.3 is 26.6 Å². The molecule has 2 bridgehead atoms. The zero-order chi connectivity index (χ0) is 21.4. The van der Waals surface area contributed by atoms with Crippen LogP contribution in [0.2, 0.25) is 0 Å². The molecule has 1 N–H and O–H groups in total. The van der Waals surface area contributed by atoms with Crippen LogP contribution in [0.4, 0.5) is 0 Å². The van der Waals surface area contributed by atoms with Crippen LogP contribution in [0.25, 0.3) is 0 Å². The number of quaternary nitrogens is 1. The molecule has 0 atom stereocenters. The van der Waals surface area contributed by atoms with Crippen molar-refractivity contribution in [2.75, 3.05) is 19.6 Å². The lowest BCUT2D eigenvalue weighted by molar-refractivity contribution is -0.958. The molecule has 0 spiro atoms. The zero-order valence-corrected chi connectivity index (χ0v) is 19.8. The SMILES string of the molecule is N#Cc1ccc(C[N+]23CCC(C(O)(c4ccccc4)c4ccccc4)(CC2)CC3)cc1.[Br-]. The number of piperidine rings is 3. The predicted molar refractivity (Wildman–Crippen MR) is 122 cm³/mol. The van der Waals surface area contributed by atoms with Gasteiger partial charge in [-0.05, 0) is 23.3 Å². The van der Waals surface area contributed by atoms with Crippen LogP contribution >= 0.6 is 0 Å². The van der Waals surface area contributed by atoms with Gasteiger partial charge in [-0.25, -0.2) is 0 Å². The van der Waals surface area contributed by atoms with Gasteiger partial charge in [0.1, 0.15) is 12.1 Å². The standard InChI is InChI=1S/C28H29N2O.BrH/c29-21-23-11-13-24(14-12-23)22-30-18-15-27(16-19-30,17-20-30)28(31,25-7-3-1-4-8-25)26-9-5-2-6-10-26;/h1-14,31H,15-20,22H2;1H/q+1;/p-1. The second-order valence-electron chi connectivity index (χ2n) is 9.45. The number of aliphatic hydroxyl groups is 1. The monoisotopic (exact) mass is 488 g/mol. The van der Waals surface area contributed by atoms with Crippen molar-refractivity contribution in [3.05, 3.63) is 107 Å². The molecule has 4 heteroatoms. The Hall–Kier alpha value is -2.45. The maximum absolute atomic E-state index is 12.4. The molecule has 0 saturated carbocycles. The van der Waals surface area contributed by atoms with Gasteiger partial charge in [0.2, 0.25) is 0 Å². The highest BCUT2D eigenvalue weighted by molar-refractivity contribution is 5.39. The lowest BCUT2D eigenvalue weighted by Gasteiger charge is -2.60. The van der Waals surface area contributed by atoms with Crippen LogP contribution in [-0.2, 0) is 12.1 Å². The third-order valence-corrected chi connectivity index (χ3v) is 7.95. The van der Waals surface area contributed by atoms with Gasteiger partial charge in [-0.2, -0.15) is 5.26 Å². The Morgan fingerprint density at radius 2 is 1.25 bits per heavy atom. The number of nitrogens with zero attached hydrogens (tertiary/aromatic N) is 2. The summed E-state index contributed by atoms with van der Waals surface area (Å²) in [7, 11) is 0. The second-order valence-corrected chi connectivity index (χ2v) is 9.45. The maximum Gasteiger partial charge on any atom is 0.121 e. The van der Waals surface area contributed by atoms with Crippen LogP contribution in [0.1, 0.15) is 41.5 Å². The van der Waals surface area contributed by atoms with Crippen LogP contribution in [-0.4, -0.2) is 29.2 Å². The van der Waals surface area contributed by atoms with Crippen LogP contribution in [0.3, 0.4) is 0 Å². The largest absolute Gasteiger partial charge is 1.00 e. The van der Waals surface area contributed by atoms with Crippen molar-refractivity contribution in [2.45, 2.75) is 31.4 Å². The first-order valence-corrected chi connectivity index (χ1v) is 11.3. The fraction of sp³-hybridized carbons (Fsp3) is 0.321. The minimum Gasteiger partial charge on any atom is -1.00 e. The predicted octanol–water partition coefficient (Wildman–Crippen LogP) is 2.00. The number of halogens is 1. The summed E-state index contributed by atoms with van der Waals surface area (Å²) in [6.07, 6.45) is 3.05. The molecular weight excluding hydrogens is 460 g/mol. The summed E-state index contributed by atoms with van der Waals surface area (Å²) >= 11 is 0. The van der Waals surface area contributed by atoms with Crippen molar-refractivity contribution in [3.8, 4) is 6.07 Å². The van der Waals surface area contributed by atoms with Gasteiger partial charge in [-0.3, -0.25) is 0 Å². The molecule has 0 aromatic heterocycles. The van der Waals surface area contributed by atoms with Gasteiger partial charge in [0, 0.05) is 30.2 Å². The number of rotatable bonds is 5. The number of hydrogen-bond donors (Lipinski definition) is 1. The van der Waals surface area contributed by atoms with Crippen molar-refractivity contribution < 1.29 is 26.6 Å². The van der Waals surface area contributed by atoms with Gasteiger partial charge in [0.25, 0.3) is 0 Å². The highest BCUT2D eigenvalue weighted by Gasteiger charge is 2.60. The summed E-state index contributed by atoms with van der Waals surface area (Å²) in [5, 5.41) is 21.5. The Morgan fingerprint density at radius 3 is 1.69 bits per heavy atom. The molecule has 0 radical (unpaired) electrons. The van der Waals surface area contributed by atoms with E-state index in [0.717, 1.165) is 66.6 Å². The number of hydrogen-bond acceptors (Lipinski definition) is 2. The topological polar surface area (TPSA) is 44.0 Å². The van der Waals surface area contributed by atoms with Crippen molar-refractivity contribution in [1.82, 2.24) is 0 Å². The number of benzene rings is 3. The third-order valence-electron chi connectivity index (χ3n) is 7.95. The molecule has 3 saturated heterocycles. The van der Waals surface area contributed by atoms with E-state index in [4.69, 9.17) is 5.26 Å². The smallest absolute Gasteiger partial charge is 0.121 e. The lowest BCUT2D eigenvalue weighted by atomic mass is 9.56. The molecule has 3 aromatic carbocycles. The minimum absolute atomic E-state index is 0. The van der Waals surface area contributed by atoms with E-state index < -0.39 is 5.60 Å². The Morgan fingerprint density at radius 1 is 0.781 bits per heavy atom. The maximum atomic E-state index is 12.4. The van der Waals surface area contributed by atoms with Crippen LogP contribution in [0.5, 0.6) is 0 Å². The molecule has 3 aromatic rings. The molecule has 3 nitrogen and oxygen atoms in total. The first-order chi connectivity index (χ1) is 15.1. The second kappa shape index (κ2) is 8.83. The van der Waals surface area contributed by atoms with E-state index in [2.05, 4.69) is 42.5 Å². The van der Waals surface area contributed by atoms with E-state index in [9.17, 15) is 5.11 Å². The average Bonchev–Trinajstić information content (AvgIpc) is 2.86. The van der Waals surface area contributed by atoms with E-state index in [0.29, 0.717) is 0 Å². The van der Waals surface area contributed by atoms with Gasteiger partial charge in [-0.15, -0.1) is 0 Å². The quantitative estimate of drug-likeness (QED) is 0.558.